The lowest BCUT2D eigenvalue weighted by Gasteiger charge is -2.27. The molecule has 1 heterocycles. The van der Waals surface area contributed by atoms with Crippen LogP contribution in [0.1, 0.15) is 24.5 Å². The van der Waals surface area contributed by atoms with E-state index in [0.717, 1.165) is 29.5 Å². The molecule has 5 heteroatoms. The highest BCUT2D eigenvalue weighted by Gasteiger charge is 2.31. The first kappa shape index (κ1) is 16.9. The maximum Gasteiger partial charge on any atom is 0.0813 e. The second-order valence-electron chi connectivity index (χ2n) is 6.13. The van der Waals surface area contributed by atoms with Crippen LogP contribution in [0.15, 0.2) is 28.7 Å². The van der Waals surface area contributed by atoms with Gasteiger partial charge in [0.1, 0.15) is 0 Å². The lowest BCUT2D eigenvalue weighted by atomic mass is 10.1. The number of benzene rings is 1. The zero-order chi connectivity index (χ0) is 15.4. The molecular formula is C16H25BrN2O2. The minimum absolute atomic E-state index is 0.240. The Kier molecular flexibility index (Phi) is 6.20. The van der Waals surface area contributed by atoms with Gasteiger partial charge in [-0.2, -0.15) is 0 Å². The molecule has 1 aliphatic heterocycles. The Bertz CT molecular complexity index is 456. The number of nitrogens with zero attached hydrogens (tertiary/aromatic N) is 2. The molecule has 4 nitrogen and oxygen atoms in total. The molecule has 0 bridgehead atoms. The van der Waals surface area contributed by atoms with Gasteiger partial charge < -0.3 is 15.1 Å². The number of likely N-dealkylation sites (tertiary alicyclic amines) is 1. The van der Waals surface area contributed by atoms with Crippen LogP contribution in [0.25, 0.3) is 0 Å². The fourth-order valence-electron chi connectivity index (χ4n) is 3.03. The summed E-state index contributed by atoms with van der Waals surface area (Å²) in [6, 6.07) is 8.17. The number of rotatable bonds is 6. The fourth-order valence-corrected chi connectivity index (χ4v) is 3.58. The molecule has 21 heavy (non-hydrogen) atoms. The van der Waals surface area contributed by atoms with Gasteiger partial charge in [0.25, 0.3) is 0 Å². The molecule has 118 valence electrons. The molecule has 3 atom stereocenters. The Balaban J connectivity index is 1.90. The molecule has 0 amide bonds. The average Bonchev–Trinajstić information content (AvgIpc) is 2.75. The molecule has 1 aromatic carbocycles. The summed E-state index contributed by atoms with van der Waals surface area (Å²) in [5.41, 5.74) is 0.932. The van der Waals surface area contributed by atoms with E-state index in [0.29, 0.717) is 19.0 Å². The van der Waals surface area contributed by atoms with Crippen LogP contribution in [0.3, 0.4) is 0 Å². The summed E-state index contributed by atoms with van der Waals surface area (Å²) in [5, 5.41) is 20.2. The molecule has 3 unspecified atom stereocenters. The minimum Gasteiger partial charge on any atom is -0.392 e. The minimum atomic E-state index is -0.474. The monoisotopic (exact) mass is 356 g/mol. The van der Waals surface area contributed by atoms with Crippen LogP contribution in [0.2, 0.25) is 0 Å². The highest BCUT2D eigenvalue weighted by molar-refractivity contribution is 9.10. The molecule has 1 aromatic rings. The molecule has 2 rings (SSSR count). The summed E-state index contributed by atoms with van der Waals surface area (Å²) in [7, 11) is 4.11. The van der Waals surface area contributed by atoms with Gasteiger partial charge >= 0.3 is 0 Å². The normalized spacial score (nSPS) is 24.7. The molecule has 0 aromatic heterocycles. The summed E-state index contributed by atoms with van der Waals surface area (Å²) < 4.78 is 0.948. The molecule has 1 fully saturated rings. The van der Waals surface area contributed by atoms with Crippen molar-refractivity contribution in [2.45, 2.75) is 31.1 Å². The van der Waals surface area contributed by atoms with Crippen LogP contribution in [0.5, 0.6) is 0 Å². The van der Waals surface area contributed by atoms with Crippen LogP contribution >= 0.6 is 15.9 Å². The van der Waals surface area contributed by atoms with E-state index < -0.39 is 6.10 Å². The topological polar surface area (TPSA) is 46.9 Å². The molecule has 0 radical (unpaired) electrons. The van der Waals surface area contributed by atoms with Crippen molar-refractivity contribution in [2.24, 2.45) is 0 Å². The van der Waals surface area contributed by atoms with Gasteiger partial charge in [0, 0.05) is 30.1 Å². The predicted molar refractivity (Wildman–Crippen MR) is 88.3 cm³/mol. The van der Waals surface area contributed by atoms with Crippen molar-refractivity contribution < 1.29 is 10.2 Å². The Hall–Kier alpha value is -0.460. The van der Waals surface area contributed by atoms with Crippen molar-refractivity contribution in [2.75, 3.05) is 33.7 Å². The van der Waals surface area contributed by atoms with Gasteiger partial charge in [-0.1, -0.05) is 34.1 Å². The number of β-amino-alcohol motifs (C(OH)–C–C–N with tert-alkyl or cyclic N) is 1. The smallest absolute Gasteiger partial charge is 0.0813 e. The van der Waals surface area contributed by atoms with E-state index in [1.54, 1.807) is 0 Å². The third-order valence-corrected chi connectivity index (χ3v) is 4.76. The largest absolute Gasteiger partial charge is 0.392 e. The fraction of sp³-hybridized carbons (Fsp3) is 0.625. The van der Waals surface area contributed by atoms with Gasteiger partial charge in [-0.05, 0) is 38.6 Å². The molecule has 0 saturated carbocycles. The van der Waals surface area contributed by atoms with E-state index in [-0.39, 0.29) is 6.10 Å². The molecule has 2 N–H and O–H groups in total. The Morgan fingerprint density at radius 3 is 2.76 bits per heavy atom. The van der Waals surface area contributed by atoms with Gasteiger partial charge in [-0.25, -0.2) is 0 Å². The SMILES string of the molecule is CN(C)CC1CC(O)CN1CCC(O)c1ccccc1Br. The number of aliphatic hydroxyl groups is 2. The molecule has 1 aliphatic rings. The maximum atomic E-state index is 10.4. The first-order valence-electron chi connectivity index (χ1n) is 7.46. The van der Waals surface area contributed by atoms with Crippen LogP contribution in [-0.4, -0.2) is 65.9 Å². The van der Waals surface area contributed by atoms with E-state index in [4.69, 9.17) is 0 Å². The van der Waals surface area contributed by atoms with E-state index in [2.05, 4.69) is 39.8 Å². The summed E-state index contributed by atoms with van der Waals surface area (Å²) in [6.07, 6.45) is 0.789. The number of likely N-dealkylation sites (N-methyl/N-ethyl adjacent to an activating group) is 1. The highest BCUT2D eigenvalue weighted by atomic mass is 79.9. The van der Waals surface area contributed by atoms with Gasteiger partial charge in [0.2, 0.25) is 0 Å². The summed E-state index contributed by atoms with van der Waals surface area (Å²) >= 11 is 3.48. The Morgan fingerprint density at radius 2 is 2.10 bits per heavy atom. The lowest BCUT2D eigenvalue weighted by Crippen LogP contribution is -2.38. The molecule has 1 saturated heterocycles. The third-order valence-electron chi connectivity index (χ3n) is 4.04. The number of halogens is 1. The Morgan fingerprint density at radius 1 is 1.38 bits per heavy atom. The van der Waals surface area contributed by atoms with E-state index in [9.17, 15) is 10.2 Å². The second-order valence-corrected chi connectivity index (χ2v) is 6.98. The molecule has 0 aliphatic carbocycles. The van der Waals surface area contributed by atoms with Crippen LogP contribution in [-0.2, 0) is 0 Å². The lowest BCUT2D eigenvalue weighted by molar-refractivity contribution is 0.124. The van der Waals surface area contributed by atoms with Crippen molar-refractivity contribution in [1.82, 2.24) is 9.80 Å². The zero-order valence-electron chi connectivity index (χ0n) is 12.7. The Labute approximate surface area is 135 Å². The van der Waals surface area contributed by atoms with Crippen molar-refractivity contribution in [3.05, 3.63) is 34.3 Å². The van der Waals surface area contributed by atoms with Crippen molar-refractivity contribution in [1.29, 1.82) is 0 Å². The van der Waals surface area contributed by atoms with Crippen LogP contribution < -0.4 is 0 Å². The maximum absolute atomic E-state index is 10.4. The number of aliphatic hydroxyl groups excluding tert-OH is 2. The van der Waals surface area contributed by atoms with Gasteiger partial charge in [-0.3, -0.25) is 4.90 Å². The summed E-state index contributed by atoms with van der Waals surface area (Å²) in [6.45, 7) is 2.46. The first-order chi connectivity index (χ1) is 9.97. The zero-order valence-corrected chi connectivity index (χ0v) is 14.3. The molecular weight excluding hydrogens is 332 g/mol. The summed E-state index contributed by atoms with van der Waals surface area (Å²) in [5.74, 6) is 0. The third kappa shape index (κ3) is 4.76. The van der Waals surface area contributed by atoms with E-state index >= 15 is 0 Å². The van der Waals surface area contributed by atoms with E-state index in [1.165, 1.54) is 0 Å². The van der Waals surface area contributed by atoms with Gasteiger partial charge in [-0.15, -0.1) is 0 Å². The molecule has 0 spiro atoms. The van der Waals surface area contributed by atoms with Gasteiger partial charge in [0.05, 0.1) is 12.2 Å². The van der Waals surface area contributed by atoms with Crippen LogP contribution in [0.4, 0.5) is 0 Å². The first-order valence-corrected chi connectivity index (χ1v) is 8.26. The second kappa shape index (κ2) is 7.70. The van der Waals surface area contributed by atoms with Crippen molar-refractivity contribution in [3.63, 3.8) is 0 Å². The quantitative estimate of drug-likeness (QED) is 0.816. The number of hydrogen-bond donors (Lipinski definition) is 2. The van der Waals surface area contributed by atoms with Gasteiger partial charge in [0.15, 0.2) is 0 Å². The highest BCUT2D eigenvalue weighted by Crippen LogP contribution is 2.27. The van der Waals surface area contributed by atoms with Crippen molar-refractivity contribution in [3.8, 4) is 0 Å². The standard InChI is InChI=1S/C16H25BrN2O2/c1-18(2)10-12-9-13(20)11-19(12)8-7-16(21)14-5-3-4-6-15(14)17/h3-6,12-13,16,20-21H,7-11H2,1-2H3. The number of hydrogen-bond acceptors (Lipinski definition) is 4. The van der Waals surface area contributed by atoms with Crippen molar-refractivity contribution >= 4 is 15.9 Å². The van der Waals surface area contributed by atoms with Crippen LogP contribution in [0, 0.1) is 0 Å². The predicted octanol–water partition coefficient (Wildman–Crippen LogP) is 1.87. The van der Waals surface area contributed by atoms with E-state index in [1.807, 2.05) is 24.3 Å². The summed E-state index contributed by atoms with van der Waals surface area (Å²) in [4.78, 5) is 4.45. The average molecular weight is 357 g/mol.